The van der Waals surface area contributed by atoms with E-state index in [1.807, 2.05) is 20.8 Å². The lowest BCUT2D eigenvalue weighted by molar-refractivity contribution is 0.218. The van der Waals surface area contributed by atoms with E-state index in [9.17, 15) is 0 Å². The normalized spacial score (nSPS) is 11.0. The highest BCUT2D eigenvalue weighted by molar-refractivity contribution is 5.46. The van der Waals surface area contributed by atoms with Gasteiger partial charge in [0, 0.05) is 0 Å². The molecule has 7 nitrogen and oxygen atoms in total. The zero-order valence-corrected chi connectivity index (χ0v) is 9.41. The Hall–Kier alpha value is -1.92. The number of rotatable bonds is 4. The maximum Gasteiger partial charge on any atom is 0.255 e. The number of aromatic nitrogens is 5. The molecule has 2 rings (SSSR count). The van der Waals surface area contributed by atoms with Gasteiger partial charge >= 0.3 is 0 Å². The minimum atomic E-state index is 0.0530. The summed E-state index contributed by atoms with van der Waals surface area (Å²) in [6, 6.07) is 1.65. The Kier molecular flexibility index (Phi) is 2.84. The molecule has 0 N–H and O–H groups in total. The van der Waals surface area contributed by atoms with Crippen LogP contribution in [-0.2, 0) is 6.54 Å². The summed E-state index contributed by atoms with van der Waals surface area (Å²) in [4.78, 5) is 1.47. The van der Waals surface area contributed by atoms with E-state index in [0.29, 0.717) is 24.0 Å². The highest BCUT2D eigenvalue weighted by Crippen LogP contribution is 2.20. The van der Waals surface area contributed by atoms with Crippen LogP contribution in [0, 0.1) is 0 Å². The molecule has 0 saturated carbocycles. The number of hydrogen-bond donors (Lipinski definition) is 0. The molecular formula is C9H13N5O2. The molecule has 0 fully saturated rings. The Bertz CT molecular complexity index is 462. The molecule has 7 heteroatoms. The number of tetrazole rings is 1. The summed E-state index contributed by atoms with van der Waals surface area (Å²) in [6.45, 7) is 6.43. The van der Waals surface area contributed by atoms with Crippen molar-refractivity contribution in [2.75, 3.05) is 0 Å². The molecule has 0 aliphatic rings. The zero-order valence-electron chi connectivity index (χ0n) is 9.41. The van der Waals surface area contributed by atoms with Crippen molar-refractivity contribution >= 4 is 0 Å². The molecule has 0 unspecified atom stereocenters. The highest BCUT2D eigenvalue weighted by atomic mass is 16.5. The molecule has 0 aliphatic heterocycles. The van der Waals surface area contributed by atoms with E-state index >= 15 is 0 Å². The Morgan fingerprint density at radius 3 is 2.94 bits per heavy atom. The van der Waals surface area contributed by atoms with Gasteiger partial charge in [-0.3, -0.25) is 0 Å². The first-order valence-electron chi connectivity index (χ1n) is 5.10. The SMILES string of the molecule is CCn1nnc(-c2cc(OC(C)C)no2)n1. The van der Waals surface area contributed by atoms with E-state index < -0.39 is 0 Å². The molecule has 2 aromatic heterocycles. The summed E-state index contributed by atoms with van der Waals surface area (Å²) in [5, 5.41) is 15.5. The monoisotopic (exact) mass is 223 g/mol. The van der Waals surface area contributed by atoms with Crippen LogP contribution in [0.25, 0.3) is 11.6 Å². The average Bonchev–Trinajstić information content (AvgIpc) is 2.83. The fourth-order valence-electron chi connectivity index (χ4n) is 1.14. The van der Waals surface area contributed by atoms with Crippen molar-refractivity contribution in [1.29, 1.82) is 0 Å². The third kappa shape index (κ3) is 2.18. The van der Waals surface area contributed by atoms with Gasteiger partial charge in [0.2, 0.25) is 11.6 Å². The molecule has 2 aromatic rings. The van der Waals surface area contributed by atoms with Crippen molar-refractivity contribution in [2.24, 2.45) is 0 Å². The molecular weight excluding hydrogens is 210 g/mol. The fourth-order valence-corrected chi connectivity index (χ4v) is 1.14. The average molecular weight is 223 g/mol. The number of nitrogens with zero attached hydrogens (tertiary/aromatic N) is 5. The lowest BCUT2D eigenvalue weighted by Crippen LogP contribution is -2.05. The predicted octanol–water partition coefficient (Wildman–Crippen LogP) is 1.14. The highest BCUT2D eigenvalue weighted by Gasteiger charge is 2.13. The second kappa shape index (κ2) is 4.30. The largest absolute Gasteiger partial charge is 0.473 e. The quantitative estimate of drug-likeness (QED) is 0.773. The Morgan fingerprint density at radius 1 is 1.50 bits per heavy atom. The second-order valence-corrected chi connectivity index (χ2v) is 3.50. The van der Waals surface area contributed by atoms with Crippen molar-refractivity contribution in [3.8, 4) is 17.5 Å². The minimum absolute atomic E-state index is 0.0530. The van der Waals surface area contributed by atoms with Gasteiger partial charge in [-0.1, -0.05) is 0 Å². The molecule has 0 bridgehead atoms. The summed E-state index contributed by atoms with van der Waals surface area (Å²) in [6.07, 6.45) is 0.0530. The first-order chi connectivity index (χ1) is 7.69. The van der Waals surface area contributed by atoms with Gasteiger partial charge in [0.15, 0.2) is 0 Å². The number of ether oxygens (including phenoxy) is 1. The molecule has 0 aromatic carbocycles. The predicted molar refractivity (Wildman–Crippen MR) is 54.8 cm³/mol. The first kappa shape index (κ1) is 10.6. The van der Waals surface area contributed by atoms with Gasteiger partial charge in [0.05, 0.1) is 18.7 Å². The van der Waals surface area contributed by atoms with E-state index in [2.05, 4.69) is 20.6 Å². The van der Waals surface area contributed by atoms with Crippen LogP contribution in [0.4, 0.5) is 0 Å². The van der Waals surface area contributed by atoms with Gasteiger partial charge in [-0.25, -0.2) is 0 Å². The summed E-state index contributed by atoms with van der Waals surface area (Å²) >= 11 is 0. The summed E-state index contributed by atoms with van der Waals surface area (Å²) in [7, 11) is 0. The van der Waals surface area contributed by atoms with Crippen molar-refractivity contribution < 1.29 is 9.26 Å². The standard InChI is InChI=1S/C9H13N5O2/c1-4-14-11-9(10-13-14)7-5-8(12-16-7)15-6(2)3/h5-6H,4H2,1-3H3. The summed E-state index contributed by atoms with van der Waals surface area (Å²) < 4.78 is 10.4. The van der Waals surface area contributed by atoms with Gasteiger partial charge in [-0.05, 0) is 31.1 Å². The fraction of sp³-hybridized carbons (Fsp3) is 0.556. The van der Waals surface area contributed by atoms with Gasteiger partial charge < -0.3 is 9.26 Å². The summed E-state index contributed by atoms with van der Waals surface area (Å²) in [5.41, 5.74) is 0. The molecule has 0 amide bonds. The van der Waals surface area contributed by atoms with Crippen LogP contribution >= 0.6 is 0 Å². The van der Waals surface area contributed by atoms with Crippen molar-refractivity contribution in [3.05, 3.63) is 6.07 Å². The minimum Gasteiger partial charge on any atom is -0.473 e. The van der Waals surface area contributed by atoms with Crippen molar-refractivity contribution in [3.63, 3.8) is 0 Å². The van der Waals surface area contributed by atoms with Crippen molar-refractivity contribution in [2.45, 2.75) is 33.4 Å². The van der Waals surface area contributed by atoms with Crippen LogP contribution in [0.1, 0.15) is 20.8 Å². The van der Waals surface area contributed by atoms with Crippen LogP contribution < -0.4 is 4.74 Å². The zero-order chi connectivity index (χ0) is 11.5. The lowest BCUT2D eigenvalue weighted by Gasteiger charge is -2.02. The van der Waals surface area contributed by atoms with Gasteiger partial charge in [-0.2, -0.15) is 4.80 Å². The third-order valence-electron chi connectivity index (χ3n) is 1.80. The number of aryl methyl sites for hydroxylation is 1. The molecule has 0 saturated heterocycles. The van der Waals surface area contributed by atoms with E-state index in [-0.39, 0.29) is 6.10 Å². The van der Waals surface area contributed by atoms with E-state index in [1.165, 1.54) is 4.80 Å². The molecule has 0 aliphatic carbocycles. The van der Waals surface area contributed by atoms with Crippen LogP contribution in [0.5, 0.6) is 5.88 Å². The maximum absolute atomic E-state index is 5.36. The van der Waals surface area contributed by atoms with Gasteiger partial charge in [0.25, 0.3) is 5.88 Å². The molecule has 0 atom stereocenters. The lowest BCUT2D eigenvalue weighted by atomic mass is 10.4. The first-order valence-corrected chi connectivity index (χ1v) is 5.10. The number of hydrogen-bond acceptors (Lipinski definition) is 6. The maximum atomic E-state index is 5.36. The van der Waals surface area contributed by atoms with Crippen LogP contribution in [-0.4, -0.2) is 31.5 Å². The van der Waals surface area contributed by atoms with Crippen LogP contribution in [0.3, 0.4) is 0 Å². The molecule has 86 valence electrons. The Morgan fingerprint density at radius 2 is 2.31 bits per heavy atom. The second-order valence-electron chi connectivity index (χ2n) is 3.50. The Labute approximate surface area is 92.4 Å². The van der Waals surface area contributed by atoms with E-state index in [1.54, 1.807) is 6.07 Å². The van der Waals surface area contributed by atoms with Gasteiger partial charge in [-0.15, -0.1) is 10.2 Å². The summed E-state index contributed by atoms with van der Waals surface area (Å²) in [5.74, 6) is 1.29. The third-order valence-corrected chi connectivity index (χ3v) is 1.80. The van der Waals surface area contributed by atoms with Crippen molar-refractivity contribution in [1.82, 2.24) is 25.4 Å². The van der Waals surface area contributed by atoms with Gasteiger partial charge in [0.1, 0.15) is 0 Å². The topological polar surface area (TPSA) is 78.9 Å². The van der Waals surface area contributed by atoms with E-state index in [4.69, 9.17) is 9.26 Å². The Balaban J connectivity index is 2.17. The van der Waals surface area contributed by atoms with Crippen LogP contribution in [0.2, 0.25) is 0 Å². The smallest absolute Gasteiger partial charge is 0.255 e. The van der Waals surface area contributed by atoms with Crippen LogP contribution in [0.15, 0.2) is 10.6 Å². The molecule has 2 heterocycles. The van der Waals surface area contributed by atoms with E-state index in [0.717, 1.165) is 0 Å². The molecule has 16 heavy (non-hydrogen) atoms. The molecule has 0 radical (unpaired) electrons. The molecule has 0 spiro atoms.